The Balaban J connectivity index is 1.49. The van der Waals surface area contributed by atoms with E-state index in [0.717, 1.165) is 17.0 Å². The van der Waals surface area contributed by atoms with Gasteiger partial charge in [-0.2, -0.15) is 0 Å². The van der Waals surface area contributed by atoms with Crippen molar-refractivity contribution >= 4 is 23.3 Å². The number of aryl methyl sites for hydroxylation is 1. The first kappa shape index (κ1) is 20.4. The summed E-state index contributed by atoms with van der Waals surface area (Å²) in [5, 5.41) is 2.45. The van der Waals surface area contributed by atoms with E-state index in [4.69, 9.17) is 4.74 Å². The number of Topliss-reactive ketones (excluding diaryl/α,β-unsaturated/α-hetero) is 1. The van der Waals surface area contributed by atoms with Gasteiger partial charge in [-0.3, -0.25) is 14.4 Å². The Kier molecular flexibility index (Phi) is 6.49. The van der Waals surface area contributed by atoms with Crippen molar-refractivity contribution in [1.29, 1.82) is 0 Å². The summed E-state index contributed by atoms with van der Waals surface area (Å²) in [6, 6.07) is 14.7. The smallest absolute Gasteiger partial charge is 0.292 e. The molecule has 1 fully saturated rings. The highest BCUT2D eigenvalue weighted by molar-refractivity contribution is 6.43. The number of ketones is 1. The van der Waals surface area contributed by atoms with Crippen molar-refractivity contribution in [2.45, 2.75) is 6.92 Å². The normalized spacial score (nSPS) is 13.7. The summed E-state index contributed by atoms with van der Waals surface area (Å²) in [5.74, 6) is -0.787. The Morgan fingerprint density at radius 1 is 1.00 bits per heavy atom. The second kappa shape index (κ2) is 9.23. The van der Waals surface area contributed by atoms with Crippen molar-refractivity contribution in [3.8, 4) is 5.75 Å². The molecular weight excluding hydrogens is 370 g/mol. The van der Waals surface area contributed by atoms with Gasteiger partial charge in [0.1, 0.15) is 5.75 Å². The Morgan fingerprint density at radius 3 is 2.41 bits per heavy atom. The van der Waals surface area contributed by atoms with Crippen LogP contribution in [-0.4, -0.2) is 62.3 Å². The van der Waals surface area contributed by atoms with Crippen LogP contribution in [0.25, 0.3) is 0 Å². The average molecular weight is 395 g/mol. The molecule has 1 aliphatic rings. The van der Waals surface area contributed by atoms with Gasteiger partial charge in [-0.1, -0.05) is 30.3 Å². The van der Waals surface area contributed by atoms with Gasteiger partial charge in [-0.05, 0) is 24.6 Å². The summed E-state index contributed by atoms with van der Waals surface area (Å²) in [7, 11) is 1.63. The number of rotatable bonds is 6. The van der Waals surface area contributed by atoms with Gasteiger partial charge in [-0.25, -0.2) is 0 Å². The molecule has 1 heterocycles. The highest BCUT2D eigenvalue weighted by atomic mass is 16.5. The molecular formula is C22H25N3O4. The zero-order valence-corrected chi connectivity index (χ0v) is 16.7. The first-order valence-corrected chi connectivity index (χ1v) is 9.54. The van der Waals surface area contributed by atoms with Gasteiger partial charge in [-0.15, -0.1) is 0 Å². The van der Waals surface area contributed by atoms with E-state index < -0.39 is 11.7 Å². The molecule has 7 nitrogen and oxygen atoms in total. The molecule has 0 spiro atoms. The van der Waals surface area contributed by atoms with Crippen LogP contribution in [0.2, 0.25) is 0 Å². The first-order chi connectivity index (χ1) is 14.0. The van der Waals surface area contributed by atoms with Crippen molar-refractivity contribution in [3.63, 3.8) is 0 Å². The van der Waals surface area contributed by atoms with Crippen LogP contribution in [0.5, 0.6) is 5.75 Å². The Hall–Kier alpha value is -3.35. The van der Waals surface area contributed by atoms with Crippen LogP contribution in [0, 0.1) is 6.92 Å². The first-order valence-electron chi connectivity index (χ1n) is 9.54. The molecule has 2 amide bonds. The molecule has 3 rings (SSSR count). The molecule has 0 saturated carbocycles. The number of piperazine rings is 1. The molecule has 0 aromatic heterocycles. The summed E-state index contributed by atoms with van der Waals surface area (Å²) in [4.78, 5) is 40.7. The van der Waals surface area contributed by atoms with E-state index in [0.29, 0.717) is 31.7 Å². The third-order valence-corrected chi connectivity index (χ3v) is 5.05. The number of carbonyl (C=O) groups is 3. The number of carbonyl (C=O) groups excluding carboxylic acids is 3. The molecule has 0 bridgehead atoms. The fourth-order valence-corrected chi connectivity index (χ4v) is 3.32. The minimum atomic E-state index is -0.761. The van der Waals surface area contributed by atoms with E-state index in [1.165, 1.54) is 0 Å². The molecule has 2 aromatic carbocycles. The molecule has 0 atom stereocenters. The molecule has 152 valence electrons. The molecule has 29 heavy (non-hydrogen) atoms. The van der Waals surface area contributed by atoms with Gasteiger partial charge in [0.15, 0.2) is 0 Å². The van der Waals surface area contributed by atoms with E-state index in [-0.39, 0.29) is 12.5 Å². The highest BCUT2D eigenvalue weighted by Crippen LogP contribution is 2.22. The lowest BCUT2D eigenvalue weighted by Crippen LogP contribution is -2.51. The zero-order valence-electron chi connectivity index (χ0n) is 16.7. The molecule has 0 radical (unpaired) electrons. The Bertz CT molecular complexity index is 904. The van der Waals surface area contributed by atoms with Crippen LogP contribution < -0.4 is 15.0 Å². The predicted molar refractivity (Wildman–Crippen MR) is 110 cm³/mol. The van der Waals surface area contributed by atoms with Crippen LogP contribution in [0.3, 0.4) is 0 Å². The average Bonchev–Trinajstić information content (AvgIpc) is 2.77. The summed E-state index contributed by atoms with van der Waals surface area (Å²) in [5.41, 5.74) is 2.13. The SMILES string of the molecule is COc1cccc(N2CCN(C(=O)CNC(=O)C(=O)c3ccccc3C)CC2)c1. The number of anilines is 1. The fraction of sp³-hybridized carbons (Fsp3) is 0.318. The number of nitrogens with one attached hydrogen (secondary N) is 1. The lowest BCUT2D eigenvalue weighted by atomic mass is 10.0. The topological polar surface area (TPSA) is 79.0 Å². The summed E-state index contributed by atoms with van der Waals surface area (Å²) >= 11 is 0. The van der Waals surface area contributed by atoms with Crippen LogP contribution in [0.1, 0.15) is 15.9 Å². The largest absolute Gasteiger partial charge is 0.497 e. The number of nitrogens with zero attached hydrogens (tertiary/aromatic N) is 2. The van der Waals surface area contributed by atoms with E-state index in [2.05, 4.69) is 10.2 Å². The number of benzene rings is 2. The summed E-state index contributed by atoms with van der Waals surface area (Å²) < 4.78 is 5.26. The third-order valence-electron chi connectivity index (χ3n) is 5.05. The quantitative estimate of drug-likeness (QED) is 0.594. The standard InChI is InChI=1S/C22H25N3O4/c1-16-6-3-4-9-19(16)21(27)22(28)23-15-20(26)25-12-10-24(11-13-25)17-7-5-8-18(14-17)29-2/h3-9,14H,10-13,15H2,1-2H3,(H,23,28). The van der Waals surface area contributed by atoms with Gasteiger partial charge < -0.3 is 19.9 Å². The molecule has 0 unspecified atom stereocenters. The minimum Gasteiger partial charge on any atom is -0.497 e. The van der Waals surface area contributed by atoms with E-state index in [1.807, 2.05) is 24.3 Å². The van der Waals surface area contributed by atoms with E-state index >= 15 is 0 Å². The number of ether oxygens (including phenoxy) is 1. The van der Waals surface area contributed by atoms with Gasteiger partial charge in [0.05, 0.1) is 13.7 Å². The van der Waals surface area contributed by atoms with Gasteiger partial charge >= 0.3 is 0 Å². The maximum atomic E-state index is 12.4. The number of hydrogen-bond acceptors (Lipinski definition) is 5. The monoisotopic (exact) mass is 395 g/mol. The maximum absolute atomic E-state index is 12.4. The van der Waals surface area contributed by atoms with E-state index in [9.17, 15) is 14.4 Å². The van der Waals surface area contributed by atoms with Crippen molar-refractivity contribution in [3.05, 3.63) is 59.7 Å². The molecule has 2 aromatic rings. The Morgan fingerprint density at radius 2 is 1.72 bits per heavy atom. The van der Waals surface area contributed by atoms with E-state index in [1.54, 1.807) is 43.2 Å². The van der Waals surface area contributed by atoms with Crippen molar-refractivity contribution in [2.75, 3.05) is 44.7 Å². The number of hydrogen-bond donors (Lipinski definition) is 1. The van der Waals surface area contributed by atoms with Crippen LogP contribution in [0.15, 0.2) is 48.5 Å². The lowest BCUT2D eigenvalue weighted by molar-refractivity contribution is -0.132. The van der Waals surface area contributed by atoms with Crippen molar-refractivity contribution < 1.29 is 19.1 Å². The molecule has 0 aliphatic carbocycles. The lowest BCUT2D eigenvalue weighted by Gasteiger charge is -2.36. The number of methoxy groups -OCH3 is 1. The predicted octanol–water partition coefficient (Wildman–Crippen LogP) is 1.65. The molecule has 7 heteroatoms. The fourth-order valence-electron chi connectivity index (χ4n) is 3.32. The van der Waals surface area contributed by atoms with Gasteiger partial charge in [0, 0.05) is 43.5 Å². The van der Waals surface area contributed by atoms with Crippen molar-refractivity contribution in [2.24, 2.45) is 0 Å². The molecule has 1 aliphatic heterocycles. The zero-order chi connectivity index (χ0) is 20.8. The molecule has 1 N–H and O–H groups in total. The molecule has 1 saturated heterocycles. The third kappa shape index (κ3) is 4.93. The van der Waals surface area contributed by atoms with Crippen LogP contribution >= 0.6 is 0 Å². The Labute approximate surface area is 170 Å². The summed E-state index contributed by atoms with van der Waals surface area (Å²) in [6.45, 7) is 4.07. The maximum Gasteiger partial charge on any atom is 0.292 e. The summed E-state index contributed by atoms with van der Waals surface area (Å²) in [6.07, 6.45) is 0. The van der Waals surface area contributed by atoms with Crippen molar-refractivity contribution in [1.82, 2.24) is 10.2 Å². The second-order valence-electron chi connectivity index (χ2n) is 6.90. The second-order valence-corrected chi connectivity index (χ2v) is 6.90. The van der Waals surface area contributed by atoms with Crippen LogP contribution in [-0.2, 0) is 9.59 Å². The van der Waals surface area contributed by atoms with Gasteiger partial charge in [0.25, 0.3) is 5.91 Å². The van der Waals surface area contributed by atoms with Gasteiger partial charge in [0.2, 0.25) is 11.7 Å². The van der Waals surface area contributed by atoms with Crippen LogP contribution in [0.4, 0.5) is 5.69 Å². The number of amides is 2. The minimum absolute atomic E-state index is 0.185. The highest BCUT2D eigenvalue weighted by Gasteiger charge is 2.23.